The lowest BCUT2D eigenvalue weighted by Gasteiger charge is -2.23. The number of rotatable bonds is 0. The first-order chi connectivity index (χ1) is 14.9. The fraction of sp³-hybridized carbons (Fsp3) is 0. The van der Waals surface area contributed by atoms with E-state index in [1.54, 1.807) is 0 Å². The summed E-state index contributed by atoms with van der Waals surface area (Å²) >= 11 is 78.9. The van der Waals surface area contributed by atoms with Crippen LogP contribution in [0.3, 0.4) is 0 Å². The van der Waals surface area contributed by atoms with Crippen molar-refractivity contribution in [2.75, 3.05) is 0 Å². The van der Waals surface area contributed by atoms with E-state index in [1.807, 2.05) is 0 Å². The van der Waals surface area contributed by atoms with E-state index < -0.39 is 0 Å². The van der Waals surface area contributed by atoms with Gasteiger partial charge in [0.1, 0.15) is 0 Å². The van der Waals surface area contributed by atoms with Crippen molar-refractivity contribution in [2.45, 2.75) is 0 Å². The van der Waals surface area contributed by atoms with Gasteiger partial charge >= 0.3 is 0 Å². The van der Waals surface area contributed by atoms with E-state index in [2.05, 4.69) is 0 Å². The Morgan fingerprint density at radius 3 is 0.500 bits per heavy atom. The molecule has 0 atom stereocenters. The van der Waals surface area contributed by atoms with E-state index in [-0.39, 0.29) is 60.3 Å². The van der Waals surface area contributed by atoms with Gasteiger partial charge in [0.15, 0.2) is 0 Å². The predicted molar refractivity (Wildman–Crippen MR) is 148 cm³/mol. The highest BCUT2D eigenvalue weighted by atomic mass is 35.5. The summed E-state index contributed by atoms with van der Waals surface area (Å²) < 4.78 is 0. The van der Waals surface area contributed by atoms with Gasteiger partial charge in [-0.3, -0.25) is 0 Å². The van der Waals surface area contributed by atoms with Gasteiger partial charge in [0, 0.05) is 43.1 Å². The molecule has 5 aromatic carbocycles. The smallest absolute Gasteiger partial charge is 0.0791 e. The number of hydrogen-bond donors (Lipinski definition) is 0. The van der Waals surface area contributed by atoms with Gasteiger partial charge in [0.05, 0.1) is 60.3 Å². The fourth-order valence-electron chi connectivity index (χ4n) is 4.02. The molecule has 12 heteroatoms. The highest BCUT2D eigenvalue weighted by Gasteiger charge is 2.31. The average molecular weight is 666 g/mol. The van der Waals surface area contributed by atoms with Crippen LogP contribution < -0.4 is 0 Å². The minimum Gasteiger partial charge on any atom is -0.0819 e. The van der Waals surface area contributed by atoms with Gasteiger partial charge in [-0.2, -0.15) is 0 Å². The van der Waals surface area contributed by atoms with Gasteiger partial charge in [-0.25, -0.2) is 0 Å². The summed E-state index contributed by atoms with van der Waals surface area (Å²) in [5.41, 5.74) is 0. The van der Waals surface area contributed by atoms with Crippen LogP contribution in [0.1, 0.15) is 0 Å². The van der Waals surface area contributed by atoms with Gasteiger partial charge in [0.25, 0.3) is 0 Å². The molecule has 0 unspecified atom stereocenters. The molecule has 0 saturated carbocycles. The van der Waals surface area contributed by atoms with Crippen LogP contribution in [-0.4, -0.2) is 0 Å². The molecule has 0 fully saturated rings. The first-order valence-electron chi connectivity index (χ1n) is 8.27. The molecule has 0 bridgehead atoms. The minimum atomic E-state index is 0.0342. The predicted octanol–water partition coefficient (Wildman–Crippen LogP) is 13.6. The molecule has 32 heavy (non-hydrogen) atoms. The molecule has 0 spiro atoms. The van der Waals surface area contributed by atoms with E-state index in [0.29, 0.717) is 43.1 Å². The molecule has 0 amide bonds. The third-order valence-electron chi connectivity index (χ3n) is 5.30. The van der Waals surface area contributed by atoms with Crippen molar-refractivity contribution in [3.8, 4) is 0 Å². The topological polar surface area (TPSA) is 0 Å². The second-order valence-electron chi connectivity index (χ2n) is 6.77. The van der Waals surface area contributed by atoms with E-state index in [9.17, 15) is 0 Å². The normalized spacial score (nSPS) is 12.4. The number of benzene rings is 5. The lowest BCUT2D eigenvalue weighted by Crippen LogP contribution is -1.96. The molecule has 0 heterocycles. The standard InChI is InChI=1S/C20Cl12/c21-9-3-1-4(10(22)18(30)14(26)7(1)13(25)17(9)29)6-2-5(3)11(23)19(31)15(27)8(2)16(28)20(32)12(6)24. The lowest BCUT2D eigenvalue weighted by atomic mass is 9.89. The zero-order valence-corrected chi connectivity index (χ0v) is 23.6. The van der Waals surface area contributed by atoms with Crippen LogP contribution in [0.4, 0.5) is 0 Å². The van der Waals surface area contributed by atoms with Crippen molar-refractivity contribution in [3.05, 3.63) is 60.3 Å². The molecule has 164 valence electrons. The van der Waals surface area contributed by atoms with Crippen LogP contribution in [0, 0.1) is 0 Å². The van der Waals surface area contributed by atoms with Gasteiger partial charge in [-0.15, -0.1) is 0 Å². The second-order valence-corrected chi connectivity index (χ2v) is 11.3. The molecule has 0 nitrogen and oxygen atoms in total. The Hall–Kier alpha value is 0.880. The largest absolute Gasteiger partial charge is 0.0819 e. The van der Waals surface area contributed by atoms with E-state index >= 15 is 0 Å². The number of fused-ring (bicyclic) bond motifs is 2. The van der Waals surface area contributed by atoms with Gasteiger partial charge in [-0.05, 0) is 0 Å². The van der Waals surface area contributed by atoms with Gasteiger partial charge in [0.2, 0.25) is 0 Å². The maximum absolute atomic E-state index is 6.69. The molecule has 0 aliphatic carbocycles. The lowest BCUT2D eigenvalue weighted by molar-refractivity contribution is 1.76. The first-order valence-corrected chi connectivity index (χ1v) is 12.8. The van der Waals surface area contributed by atoms with E-state index in [0.717, 1.165) is 0 Å². The summed E-state index contributed by atoms with van der Waals surface area (Å²) in [6.45, 7) is 0. The third-order valence-corrected chi connectivity index (χ3v) is 10.6. The molecule has 0 N–H and O–H groups in total. The van der Waals surface area contributed by atoms with Crippen LogP contribution in [0.2, 0.25) is 60.3 Å². The Balaban J connectivity index is 2.44. The monoisotopic (exact) mass is 660 g/mol. The summed E-state index contributed by atoms with van der Waals surface area (Å²) in [5, 5.41) is 3.80. The highest BCUT2D eigenvalue weighted by Crippen LogP contribution is 2.60. The maximum atomic E-state index is 6.69. The molecule has 0 radical (unpaired) electrons. The Morgan fingerprint density at radius 1 is 0.156 bits per heavy atom. The van der Waals surface area contributed by atoms with Crippen molar-refractivity contribution in [1.29, 1.82) is 0 Å². The van der Waals surface area contributed by atoms with Crippen molar-refractivity contribution in [3.63, 3.8) is 0 Å². The molecule has 0 aromatic heterocycles. The summed E-state index contributed by atoms with van der Waals surface area (Å²) in [4.78, 5) is 0. The molecule has 0 saturated heterocycles. The summed E-state index contributed by atoms with van der Waals surface area (Å²) in [6.07, 6.45) is 0. The number of halogens is 12. The molecule has 5 rings (SSSR count). The van der Waals surface area contributed by atoms with Crippen LogP contribution in [0.5, 0.6) is 0 Å². The fourth-order valence-corrected chi connectivity index (χ4v) is 7.34. The maximum Gasteiger partial charge on any atom is 0.0791 e. The summed E-state index contributed by atoms with van der Waals surface area (Å²) in [7, 11) is 0. The zero-order chi connectivity index (χ0) is 23.5. The molecular formula is C20Cl12. The van der Waals surface area contributed by atoms with E-state index in [1.165, 1.54) is 0 Å². The Morgan fingerprint density at radius 2 is 0.312 bits per heavy atom. The highest BCUT2D eigenvalue weighted by molar-refractivity contribution is 6.66. The molecule has 0 aliphatic heterocycles. The number of hydrogen-bond acceptors (Lipinski definition) is 0. The van der Waals surface area contributed by atoms with Crippen molar-refractivity contribution >= 4 is 182 Å². The van der Waals surface area contributed by atoms with Gasteiger partial charge < -0.3 is 0 Å². The Kier molecular flexibility index (Phi) is 6.30. The zero-order valence-electron chi connectivity index (χ0n) is 14.5. The molecule has 0 aliphatic rings. The molecular weight excluding hydrogens is 666 g/mol. The van der Waals surface area contributed by atoms with Crippen molar-refractivity contribution in [1.82, 2.24) is 0 Å². The van der Waals surface area contributed by atoms with Crippen molar-refractivity contribution < 1.29 is 0 Å². The summed E-state index contributed by atoms with van der Waals surface area (Å²) in [5.74, 6) is 0. The van der Waals surface area contributed by atoms with Crippen LogP contribution in [0.25, 0.3) is 43.1 Å². The average Bonchev–Trinajstić information content (AvgIpc) is 2.76. The summed E-state index contributed by atoms with van der Waals surface area (Å²) in [6, 6.07) is 0. The minimum absolute atomic E-state index is 0.0342. The van der Waals surface area contributed by atoms with Crippen LogP contribution in [0.15, 0.2) is 0 Å². The Bertz CT molecular complexity index is 1440. The van der Waals surface area contributed by atoms with E-state index in [4.69, 9.17) is 139 Å². The third kappa shape index (κ3) is 2.94. The quantitative estimate of drug-likeness (QED) is 0.0877. The van der Waals surface area contributed by atoms with Crippen molar-refractivity contribution in [2.24, 2.45) is 0 Å². The Labute approximate surface area is 240 Å². The first kappa shape index (κ1) is 24.6. The molecule has 5 aromatic rings. The SMILES string of the molecule is Clc1c(Cl)c2c(Cl)c(Cl)c(Cl)c3c4c(Cl)c(Cl)c(Cl)c5c(Cl)c(Cl)c(Cl)c(c(c1Cl)c23)c54. The van der Waals surface area contributed by atoms with Crippen LogP contribution in [-0.2, 0) is 0 Å². The van der Waals surface area contributed by atoms with Crippen LogP contribution >= 0.6 is 139 Å². The second kappa shape index (κ2) is 8.20. The van der Waals surface area contributed by atoms with Gasteiger partial charge in [-0.1, -0.05) is 139 Å².